The van der Waals surface area contributed by atoms with Gasteiger partial charge in [-0.1, -0.05) is 11.8 Å². The van der Waals surface area contributed by atoms with Crippen LogP contribution < -0.4 is 0 Å². The number of aromatic nitrogens is 4. The smallest absolute Gasteiger partial charge is 0.256 e. The maximum absolute atomic E-state index is 12.8. The van der Waals surface area contributed by atoms with Crippen molar-refractivity contribution in [3.63, 3.8) is 0 Å². The molecule has 140 valence electrons. The van der Waals surface area contributed by atoms with E-state index in [1.807, 2.05) is 29.2 Å². The molecular formula is C16H21N5O3S2. The van der Waals surface area contributed by atoms with Crippen molar-refractivity contribution in [2.24, 2.45) is 0 Å². The van der Waals surface area contributed by atoms with Crippen LogP contribution in [0.1, 0.15) is 30.7 Å². The fourth-order valence-corrected chi connectivity index (χ4v) is 6.11. The van der Waals surface area contributed by atoms with Gasteiger partial charge in [0.1, 0.15) is 0 Å². The van der Waals surface area contributed by atoms with E-state index in [4.69, 9.17) is 0 Å². The van der Waals surface area contributed by atoms with Crippen LogP contribution in [-0.4, -0.2) is 68.1 Å². The van der Waals surface area contributed by atoms with Gasteiger partial charge in [0.2, 0.25) is 5.91 Å². The first-order valence-electron chi connectivity index (χ1n) is 8.68. The van der Waals surface area contributed by atoms with Crippen molar-refractivity contribution in [3.8, 4) is 0 Å². The van der Waals surface area contributed by atoms with Crippen molar-refractivity contribution in [3.05, 3.63) is 17.5 Å². The molecule has 2 fully saturated rings. The number of amides is 1. The summed E-state index contributed by atoms with van der Waals surface area (Å²) in [6.07, 6.45) is 2.47. The summed E-state index contributed by atoms with van der Waals surface area (Å²) in [5.74, 6) is 1.00. The summed E-state index contributed by atoms with van der Waals surface area (Å²) in [6, 6.07) is 1.96. The number of thioether (sulfide) groups is 1. The predicted octanol–water partition coefficient (Wildman–Crippen LogP) is 1.01. The van der Waals surface area contributed by atoms with E-state index in [0.717, 1.165) is 24.2 Å². The van der Waals surface area contributed by atoms with Crippen molar-refractivity contribution < 1.29 is 13.2 Å². The van der Waals surface area contributed by atoms with E-state index in [9.17, 15) is 13.2 Å². The molecule has 2 aliphatic rings. The second-order valence-corrected chi connectivity index (χ2v) is 10.2. The highest BCUT2D eigenvalue weighted by Gasteiger charge is 2.42. The van der Waals surface area contributed by atoms with E-state index in [-0.39, 0.29) is 35.2 Å². The third-order valence-corrected chi connectivity index (χ3v) is 7.48. The summed E-state index contributed by atoms with van der Waals surface area (Å²) in [7, 11) is -3.01. The molecule has 26 heavy (non-hydrogen) atoms. The molecule has 1 amide bonds. The Kier molecular flexibility index (Phi) is 4.42. The van der Waals surface area contributed by atoms with E-state index >= 15 is 0 Å². The minimum absolute atomic E-state index is 0.0194. The van der Waals surface area contributed by atoms with Crippen LogP contribution in [0.3, 0.4) is 0 Å². The van der Waals surface area contributed by atoms with Gasteiger partial charge in [-0.2, -0.15) is 0 Å². The van der Waals surface area contributed by atoms with Crippen molar-refractivity contribution in [2.75, 3.05) is 17.3 Å². The lowest BCUT2D eigenvalue weighted by Crippen LogP contribution is -2.43. The van der Waals surface area contributed by atoms with Crippen LogP contribution in [0.25, 0.3) is 5.78 Å². The van der Waals surface area contributed by atoms with Gasteiger partial charge in [-0.15, -0.1) is 10.2 Å². The minimum Gasteiger partial charge on any atom is -0.335 e. The molecule has 1 aliphatic carbocycles. The Hall–Kier alpha value is -1.68. The number of fused-ring (bicyclic) bond motifs is 1. The zero-order valence-electron chi connectivity index (χ0n) is 14.8. The van der Waals surface area contributed by atoms with Crippen LogP contribution in [0.2, 0.25) is 0 Å². The molecule has 3 heterocycles. The standard InChI is InChI=1S/C16H21N5O3S2/c1-10-7-11(2)20-15(17-10)18-19-16(20)25-8-14(22)21(12-3-4-12)13-5-6-26(23,24)9-13/h7,12-13H,3-6,8-9H2,1-2H3/t13-/m0/s1. The SMILES string of the molecule is Cc1cc(C)n2c(SCC(=O)N(C3CC3)[C@H]3CCS(=O)(=O)C3)nnc2n1. The van der Waals surface area contributed by atoms with E-state index in [2.05, 4.69) is 15.2 Å². The Morgan fingerprint density at radius 1 is 1.27 bits per heavy atom. The molecule has 0 N–H and O–H groups in total. The highest BCUT2D eigenvalue weighted by Crippen LogP contribution is 2.33. The van der Waals surface area contributed by atoms with Crippen LogP contribution >= 0.6 is 11.8 Å². The fourth-order valence-electron chi connectivity index (χ4n) is 3.55. The van der Waals surface area contributed by atoms with Gasteiger partial charge in [0.25, 0.3) is 5.78 Å². The van der Waals surface area contributed by atoms with E-state index < -0.39 is 9.84 Å². The molecule has 0 bridgehead atoms. The summed E-state index contributed by atoms with van der Waals surface area (Å²) in [6.45, 7) is 3.86. The second-order valence-electron chi connectivity index (χ2n) is 7.03. The normalized spacial score (nSPS) is 22.0. The molecule has 1 saturated carbocycles. The minimum atomic E-state index is -3.01. The van der Waals surface area contributed by atoms with Gasteiger partial charge in [0.05, 0.1) is 17.3 Å². The third kappa shape index (κ3) is 3.44. The number of carbonyl (C=O) groups excluding carboxylic acids is 1. The van der Waals surface area contributed by atoms with Crippen molar-refractivity contribution in [1.29, 1.82) is 0 Å². The first kappa shape index (κ1) is 17.7. The van der Waals surface area contributed by atoms with Crippen LogP contribution in [0.5, 0.6) is 0 Å². The Morgan fingerprint density at radius 3 is 2.69 bits per heavy atom. The van der Waals surface area contributed by atoms with Crippen molar-refractivity contribution in [1.82, 2.24) is 24.5 Å². The van der Waals surface area contributed by atoms with E-state index in [0.29, 0.717) is 17.4 Å². The summed E-state index contributed by atoms with van der Waals surface area (Å²) in [4.78, 5) is 19.0. The summed E-state index contributed by atoms with van der Waals surface area (Å²) < 4.78 is 25.4. The average Bonchev–Trinajstić information content (AvgIpc) is 3.19. The molecule has 0 spiro atoms. The largest absolute Gasteiger partial charge is 0.335 e. The maximum atomic E-state index is 12.8. The molecule has 0 unspecified atom stereocenters. The Morgan fingerprint density at radius 2 is 2.04 bits per heavy atom. The topological polar surface area (TPSA) is 97.5 Å². The van der Waals surface area contributed by atoms with Crippen LogP contribution in [0, 0.1) is 13.8 Å². The first-order valence-corrected chi connectivity index (χ1v) is 11.5. The fraction of sp³-hybridized carbons (Fsp3) is 0.625. The number of carbonyl (C=O) groups is 1. The van der Waals surface area contributed by atoms with Gasteiger partial charge < -0.3 is 4.90 Å². The van der Waals surface area contributed by atoms with Crippen LogP contribution in [0.15, 0.2) is 11.2 Å². The molecule has 4 rings (SSSR count). The molecule has 2 aromatic rings. The Bertz CT molecular complexity index is 968. The zero-order valence-corrected chi connectivity index (χ0v) is 16.4. The average molecular weight is 396 g/mol. The van der Waals surface area contributed by atoms with Gasteiger partial charge >= 0.3 is 0 Å². The number of nitrogens with zero attached hydrogens (tertiary/aromatic N) is 5. The molecule has 1 saturated heterocycles. The molecule has 1 aliphatic heterocycles. The molecular weight excluding hydrogens is 374 g/mol. The van der Waals surface area contributed by atoms with Gasteiger partial charge in [0.15, 0.2) is 15.0 Å². The van der Waals surface area contributed by atoms with Gasteiger partial charge in [-0.25, -0.2) is 13.4 Å². The van der Waals surface area contributed by atoms with E-state index in [1.54, 1.807) is 0 Å². The molecule has 0 radical (unpaired) electrons. The van der Waals surface area contributed by atoms with Crippen molar-refractivity contribution in [2.45, 2.75) is 50.4 Å². The number of hydrogen-bond donors (Lipinski definition) is 0. The monoisotopic (exact) mass is 395 g/mol. The molecule has 8 nitrogen and oxygen atoms in total. The Labute approximate surface area is 156 Å². The molecule has 0 aromatic carbocycles. The molecule has 2 aromatic heterocycles. The molecule has 1 atom stereocenters. The maximum Gasteiger partial charge on any atom is 0.256 e. The molecule has 10 heteroatoms. The summed E-state index contributed by atoms with van der Waals surface area (Å²) >= 11 is 1.33. The lowest BCUT2D eigenvalue weighted by molar-refractivity contribution is -0.130. The van der Waals surface area contributed by atoms with Crippen LogP contribution in [-0.2, 0) is 14.6 Å². The number of aryl methyl sites for hydroxylation is 2. The zero-order chi connectivity index (χ0) is 18.5. The lowest BCUT2D eigenvalue weighted by Gasteiger charge is -2.28. The number of rotatable bonds is 5. The number of hydrogen-bond acceptors (Lipinski definition) is 7. The van der Waals surface area contributed by atoms with Crippen molar-refractivity contribution >= 4 is 33.3 Å². The quantitative estimate of drug-likeness (QED) is 0.697. The predicted molar refractivity (Wildman–Crippen MR) is 97.9 cm³/mol. The lowest BCUT2D eigenvalue weighted by atomic mass is 10.2. The van der Waals surface area contributed by atoms with Crippen LogP contribution in [0.4, 0.5) is 0 Å². The van der Waals surface area contributed by atoms with Gasteiger partial charge in [0, 0.05) is 23.5 Å². The summed E-state index contributed by atoms with van der Waals surface area (Å²) in [5, 5.41) is 8.87. The van der Waals surface area contributed by atoms with Gasteiger partial charge in [-0.05, 0) is 39.2 Å². The number of sulfone groups is 1. The third-order valence-electron chi connectivity index (χ3n) is 4.82. The highest BCUT2D eigenvalue weighted by molar-refractivity contribution is 7.99. The first-order chi connectivity index (χ1) is 12.3. The highest BCUT2D eigenvalue weighted by atomic mass is 32.2. The van der Waals surface area contributed by atoms with E-state index in [1.165, 1.54) is 11.8 Å². The second kappa shape index (κ2) is 6.49. The van der Waals surface area contributed by atoms with Gasteiger partial charge in [-0.3, -0.25) is 9.20 Å². The Balaban J connectivity index is 1.49. The summed E-state index contributed by atoms with van der Waals surface area (Å²) in [5.41, 5.74) is 1.84.